The van der Waals surface area contributed by atoms with Gasteiger partial charge in [0.25, 0.3) is 0 Å². The number of hydrogen-bond acceptors (Lipinski definition) is 4. The molecule has 2 heterocycles. The van der Waals surface area contributed by atoms with Crippen LogP contribution in [0, 0.1) is 0 Å². The monoisotopic (exact) mass is 286 g/mol. The number of benzene rings is 1. The maximum absolute atomic E-state index is 6.11. The van der Waals surface area contributed by atoms with Crippen LogP contribution in [0.2, 0.25) is 0 Å². The maximum atomic E-state index is 6.11. The summed E-state index contributed by atoms with van der Waals surface area (Å²) in [7, 11) is 0. The van der Waals surface area contributed by atoms with Crippen LogP contribution in [-0.2, 0) is 12.0 Å². The molecule has 104 valence electrons. The van der Waals surface area contributed by atoms with Gasteiger partial charge in [-0.3, -0.25) is 0 Å². The van der Waals surface area contributed by atoms with E-state index in [0.717, 1.165) is 28.5 Å². The van der Waals surface area contributed by atoms with Crippen molar-refractivity contribution in [3.8, 4) is 11.5 Å². The van der Waals surface area contributed by atoms with E-state index in [4.69, 9.17) is 10.2 Å². The van der Waals surface area contributed by atoms with Crippen LogP contribution in [0.15, 0.2) is 34.1 Å². The molecule has 1 aromatic carbocycles. The van der Waals surface area contributed by atoms with Crippen molar-refractivity contribution in [1.29, 1.82) is 0 Å². The van der Waals surface area contributed by atoms with E-state index in [1.807, 2.05) is 37.4 Å². The van der Waals surface area contributed by atoms with Gasteiger partial charge in [0.2, 0.25) is 0 Å². The van der Waals surface area contributed by atoms with Crippen LogP contribution in [0.4, 0.5) is 0 Å². The van der Waals surface area contributed by atoms with E-state index in [1.165, 1.54) is 10.9 Å². The third-order valence-electron chi connectivity index (χ3n) is 3.34. The van der Waals surface area contributed by atoms with Gasteiger partial charge in [0.1, 0.15) is 16.3 Å². The van der Waals surface area contributed by atoms with Crippen LogP contribution in [0.1, 0.15) is 31.3 Å². The molecule has 0 aliphatic carbocycles. The van der Waals surface area contributed by atoms with Crippen LogP contribution < -0.4 is 5.73 Å². The van der Waals surface area contributed by atoms with Gasteiger partial charge in [0.15, 0.2) is 5.76 Å². The smallest absolute Gasteiger partial charge is 0.157 e. The lowest BCUT2D eigenvalue weighted by Crippen LogP contribution is -2.28. The predicted molar refractivity (Wildman–Crippen MR) is 83.9 cm³/mol. The Kier molecular flexibility index (Phi) is 3.15. The molecule has 2 N–H and O–H groups in total. The van der Waals surface area contributed by atoms with Gasteiger partial charge in [0, 0.05) is 16.3 Å². The Labute approximate surface area is 122 Å². The Morgan fingerprint density at radius 2 is 2.05 bits per heavy atom. The second-order valence-corrected chi connectivity index (χ2v) is 6.38. The minimum atomic E-state index is -0.415. The van der Waals surface area contributed by atoms with E-state index in [9.17, 15) is 0 Å². The zero-order valence-corrected chi connectivity index (χ0v) is 12.8. The molecule has 0 atom stereocenters. The van der Waals surface area contributed by atoms with Gasteiger partial charge in [0.05, 0.1) is 5.54 Å². The van der Waals surface area contributed by atoms with Crippen molar-refractivity contribution >= 4 is 22.3 Å². The Morgan fingerprint density at radius 1 is 1.30 bits per heavy atom. The van der Waals surface area contributed by atoms with Crippen molar-refractivity contribution in [3.05, 3.63) is 40.2 Å². The predicted octanol–water partition coefficient (Wildman–Crippen LogP) is 4.31. The number of nitrogens with two attached hydrogens (primary N) is 1. The second kappa shape index (κ2) is 4.72. The summed E-state index contributed by atoms with van der Waals surface area (Å²) >= 11 is 1.58. The van der Waals surface area contributed by atoms with E-state index in [-0.39, 0.29) is 0 Å². The molecule has 0 amide bonds. The highest BCUT2D eigenvalue weighted by Crippen LogP contribution is 2.35. The van der Waals surface area contributed by atoms with Gasteiger partial charge >= 0.3 is 0 Å². The molecule has 0 saturated heterocycles. The molecule has 0 unspecified atom stereocenters. The Hall–Kier alpha value is -1.65. The lowest BCUT2D eigenvalue weighted by molar-refractivity contribution is 0.549. The van der Waals surface area contributed by atoms with E-state index in [1.54, 1.807) is 11.3 Å². The first-order valence-corrected chi connectivity index (χ1v) is 7.64. The number of fused-ring (bicyclic) bond motifs is 1. The number of para-hydroxylation sites is 1. The second-order valence-electron chi connectivity index (χ2n) is 5.52. The zero-order chi connectivity index (χ0) is 14.3. The fraction of sp³-hybridized carbons (Fsp3) is 0.312. The van der Waals surface area contributed by atoms with Crippen molar-refractivity contribution in [3.63, 3.8) is 0 Å². The highest BCUT2D eigenvalue weighted by Gasteiger charge is 2.22. The minimum absolute atomic E-state index is 0.415. The van der Waals surface area contributed by atoms with E-state index in [2.05, 4.69) is 18.0 Å². The summed E-state index contributed by atoms with van der Waals surface area (Å²) in [6.07, 6.45) is 0.922. The highest BCUT2D eigenvalue weighted by molar-refractivity contribution is 7.10. The summed E-state index contributed by atoms with van der Waals surface area (Å²) in [5, 5.41) is 4.13. The molecular formula is C16H18N2OS. The third kappa shape index (κ3) is 2.15. The van der Waals surface area contributed by atoms with Crippen LogP contribution in [-0.4, -0.2) is 4.98 Å². The van der Waals surface area contributed by atoms with Crippen LogP contribution in [0.5, 0.6) is 0 Å². The van der Waals surface area contributed by atoms with Gasteiger partial charge in [-0.25, -0.2) is 4.98 Å². The van der Waals surface area contributed by atoms with Gasteiger partial charge in [-0.1, -0.05) is 25.1 Å². The number of rotatable bonds is 3. The van der Waals surface area contributed by atoms with Crippen LogP contribution in [0.25, 0.3) is 22.4 Å². The average Bonchev–Trinajstić information content (AvgIpc) is 3.02. The first kappa shape index (κ1) is 13.3. The molecule has 0 saturated carbocycles. The molecule has 3 rings (SSSR count). The summed E-state index contributed by atoms with van der Waals surface area (Å²) in [5.41, 5.74) is 8.71. The third-order valence-corrected chi connectivity index (χ3v) is 4.52. The summed E-state index contributed by atoms with van der Waals surface area (Å²) in [4.78, 5) is 4.66. The van der Waals surface area contributed by atoms with Gasteiger partial charge in [-0.2, -0.15) is 0 Å². The molecular weight excluding hydrogens is 268 g/mol. The lowest BCUT2D eigenvalue weighted by atomic mass is 10.1. The average molecular weight is 286 g/mol. The fourth-order valence-corrected chi connectivity index (χ4v) is 3.17. The number of hydrogen-bond donors (Lipinski definition) is 1. The molecule has 0 fully saturated rings. The van der Waals surface area contributed by atoms with Crippen LogP contribution in [0.3, 0.4) is 0 Å². The Bertz CT molecular complexity index is 749. The first-order valence-electron chi connectivity index (χ1n) is 6.76. The number of thiazole rings is 1. The molecule has 2 aromatic heterocycles. The molecule has 20 heavy (non-hydrogen) atoms. The molecule has 4 heteroatoms. The first-order chi connectivity index (χ1) is 9.50. The van der Waals surface area contributed by atoms with Crippen molar-refractivity contribution < 1.29 is 4.42 Å². The molecule has 0 bridgehead atoms. The van der Waals surface area contributed by atoms with Gasteiger partial charge < -0.3 is 10.2 Å². The molecule has 3 nitrogen and oxygen atoms in total. The molecule has 0 aliphatic heterocycles. The number of aryl methyl sites for hydroxylation is 1. The lowest BCUT2D eigenvalue weighted by Gasteiger charge is -2.13. The molecule has 0 aliphatic rings. The van der Waals surface area contributed by atoms with Crippen LogP contribution >= 0.6 is 11.3 Å². The number of nitrogens with zero attached hydrogens (tertiary/aromatic N) is 1. The Balaban J connectivity index is 2.17. The highest BCUT2D eigenvalue weighted by atomic mass is 32.1. The maximum Gasteiger partial charge on any atom is 0.157 e. The van der Waals surface area contributed by atoms with Gasteiger partial charge in [-0.05, 0) is 26.3 Å². The Morgan fingerprint density at radius 3 is 2.70 bits per heavy atom. The molecule has 0 spiro atoms. The van der Waals surface area contributed by atoms with Crippen molar-refractivity contribution in [2.45, 2.75) is 32.7 Å². The van der Waals surface area contributed by atoms with Gasteiger partial charge in [-0.15, -0.1) is 11.3 Å². The van der Waals surface area contributed by atoms with Crippen molar-refractivity contribution in [2.24, 2.45) is 5.73 Å². The molecule has 0 radical (unpaired) electrons. The summed E-state index contributed by atoms with van der Waals surface area (Å²) in [5.74, 6) is 0.875. The zero-order valence-electron chi connectivity index (χ0n) is 11.9. The minimum Gasteiger partial charge on any atom is -0.454 e. The van der Waals surface area contributed by atoms with E-state index < -0.39 is 5.54 Å². The van der Waals surface area contributed by atoms with E-state index >= 15 is 0 Å². The topological polar surface area (TPSA) is 52.0 Å². The van der Waals surface area contributed by atoms with E-state index in [0.29, 0.717) is 0 Å². The summed E-state index contributed by atoms with van der Waals surface area (Å²) < 4.78 is 6.01. The fourth-order valence-electron chi connectivity index (χ4n) is 2.33. The number of furan rings is 1. The quantitative estimate of drug-likeness (QED) is 0.780. The molecule has 3 aromatic rings. The summed E-state index contributed by atoms with van der Waals surface area (Å²) in [6.45, 7) is 6.07. The summed E-state index contributed by atoms with van der Waals surface area (Å²) in [6, 6.07) is 8.13. The SMILES string of the molecule is CCc1c(-c2csc(C(C)(C)N)n2)oc2ccccc12. The number of aromatic nitrogens is 1. The van der Waals surface area contributed by atoms with Crippen molar-refractivity contribution in [2.75, 3.05) is 0 Å². The standard InChI is InChI=1S/C16H18N2OS/c1-4-10-11-7-5-6-8-13(11)19-14(10)12-9-20-15(18-12)16(2,3)17/h5-9H,4,17H2,1-3H3. The largest absolute Gasteiger partial charge is 0.454 e. The normalized spacial score (nSPS) is 12.2. The van der Waals surface area contributed by atoms with Crippen molar-refractivity contribution in [1.82, 2.24) is 4.98 Å².